The van der Waals surface area contributed by atoms with Gasteiger partial charge in [0.1, 0.15) is 23.9 Å². The van der Waals surface area contributed by atoms with Gasteiger partial charge >= 0.3 is 0 Å². The summed E-state index contributed by atoms with van der Waals surface area (Å²) < 4.78 is 13.4. The second kappa shape index (κ2) is 11.1. The predicted molar refractivity (Wildman–Crippen MR) is 183 cm³/mol. The summed E-state index contributed by atoms with van der Waals surface area (Å²) in [7, 11) is 0. The van der Waals surface area contributed by atoms with Crippen molar-refractivity contribution in [3.63, 3.8) is 0 Å². The van der Waals surface area contributed by atoms with Gasteiger partial charge in [-0.25, -0.2) is 0 Å². The second-order valence-corrected chi connectivity index (χ2v) is 16.4. The minimum Gasteiger partial charge on any atom is -0.485 e. The molecule has 4 fully saturated rings. The zero-order valence-electron chi connectivity index (χ0n) is 28.1. The zero-order chi connectivity index (χ0) is 31.9. The van der Waals surface area contributed by atoms with Crippen molar-refractivity contribution in [2.24, 2.45) is 34.5 Å². The van der Waals surface area contributed by atoms with Crippen LogP contribution in [0.3, 0.4) is 0 Å². The van der Waals surface area contributed by atoms with Crippen molar-refractivity contribution in [2.45, 2.75) is 109 Å². The largest absolute Gasteiger partial charge is 0.485 e. The number of Topliss-reactive ketones (excluding diaryl/α,β-unsaturated/α-hetero) is 2. The topological polar surface area (TPSA) is 52.6 Å². The molecule has 0 N–H and O–H groups in total. The molecule has 6 aliphatic rings. The van der Waals surface area contributed by atoms with E-state index in [1.165, 1.54) is 28.7 Å². The Balaban J connectivity index is 1.02. The van der Waals surface area contributed by atoms with Gasteiger partial charge in [0.15, 0.2) is 11.5 Å². The number of ether oxygens (including phenoxy) is 2. The third-order valence-electron chi connectivity index (χ3n) is 14.4. The highest BCUT2D eigenvalue weighted by Crippen LogP contribution is 2.61. The molecule has 4 heteroatoms. The fourth-order valence-corrected chi connectivity index (χ4v) is 11.8. The Morgan fingerprint density at radius 2 is 1.26 bits per heavy atom. The molecule has 8 atom stereocenters. The summed E-state index contributed by atoms with van der Waals surface area (Å²) in [6.45, 7) is 5.01. The van der Waals surface area contributed by atoms with Crippen LogP contribution in [0.25, 0.3) is 0 Å². The van der Waals surface area contributed by atoms with E-state index >= 15 is 0 Å². The molecule has 0 heterocycles. The number of fused-ring (bicyclic) bond motifs is 10. The van der Waals surface area contributed by atoms with Crippen LogP contribution >= 0.6 is 0 Å². The molecule has 0 aromatic heterocycles. The van der Waals surface area contributed by atoms with Crippen molar-refractivity contribution in [3.05, 3.63) is 88.5 Å². The molecule has 9 rings (SSSR count). The minimum atomic E-state index is -0.122. The number of carbonyl (C=O) groups is 2. The number of hydrogen-bond donors (Lipinski definition) is 0. The van der Waals surface area contributed by atoms with E-state index in [0.717, 1.165) is 93.4 Å². The van der Waals surface area contributed by atoms with Crippen molar-refractivity contribution < 1.29 is 19.1 Å². The first-order chi connectivity index (χ1) is 22.8. The highest BCUT2D eigenvalue weighted by Gasteiger charge is 2.56. The smallest absolute Gasteiger partial charge is 0.169 e. The maximum absolute atomic E-state index is 12.9. The van der Waals surface area contributed by atoms with E-state index in [1.54, 1.807) is 0 Å². The summed E-state index contributed by atoms with van der Waals surface area (Å²) in [4.78, 5) is 25.8. The molecule has 0 spiro atoms. The monoisotopic (exact) mass is 628 g/mol. The molecule has 0 radical (unpaired) electrons. The molecule has 4 nitrogen and oxygen atoms in total. The number of ketones is 2. The molecular formula is C43H48O4. The third kappa shape index (κ3) is 4.67. The molecule has 0 unspecified atom stereocenters. The summed E-state index contributed by atoms with van der Waals surface area (Å²) >= 11 is 0. The molecule has 3 aromatic carbocycles. The number of carbonyl (C=O) groups excluding carboxylic acids is 2. The van der Waals surface area contributed by atoms with Crippen LogP contribution < -0.4 is 9.47 Å². The molecule has 244 valence electrons. The first-order valence-electron chi connectivity index (χ1n) is 18.5. The normalized spacial score (nSPS) is 35.2. The predicted octanol–water partition coefficient (Wildman–Crippen LogP) is 9.91. The molecular weight excluding hydrogens is 580 g/mol. The Morgan fingerprint density at radius 1 is 0.638 bits per heavy atom. The summed E-state index contributed by atoms with van der Waals surface area (Å²) in [6, 6.07) is 21.7. The Bertz CT molecular complexity index is 1740. The van der Waals surface area contributed by atoms with Crippen molar-refractivity contribution in [2.75, 3.05) is 0 Å². The number of aryl methyl sites for hydroxylation is 2. The van der Waals surface area contributed by atoms with Crippen LogP contribution in [-0.4, -0.2) is 11.6 Å². The minimum absolute atomic E-state index is 0.0897. The Kier molecular flexibility index (Phi) is 7.00. The fourth-order valence-electron chi connectivity index (χ4n) is 11.8. The molecule has 6 aliphatic carbocycles. The molecule has 3 aromatic rings. The lowest BCUT2D eigenvalue weighted by atomic mass is 9.55. The highest BCUT2D eigenvalue weighted by atomic mass is 16.5. The van der Waals surface area contributed by atoms with Gasteiger partial charge in [0.05, 0.1) is 0 Å². The van der Waals surface area contributed by atoms with Crippen LogP contribution in [0.1, 0.15) is 118 Å². The molecule has 0 aliphatic heterocycles. The average Bonchev–Trinajstić information content (AvgIpc) is 3.57. The van der Waals surface area contributed by atoms with E-state index in [1.807, 2.05) is 6.07 Å². The van der Waals surface area contributed by atoms with Gasteiger partial charge in [-0.05, 0) is 152 Å². The quantitative estimate of drug-likeness (QED) is 0.282. The van der Waals surface area contributed by atoms with Gasteiger partial charge in [-0.1, -0.05) is 50.2 Å². The van der Waals surface area contributed by atoms with Gasteiger partial charge in [0.25, 0.3) is 0 Å². The Morgan fingerprint density at radius 3 is 1.91 bits per heavy atom. The van der Waals surface area contributed by atoms with Crippen LogP contribution in [0.4, 0.5) is 0 Å². The van der Waals surface area contributed by atoms with Crippen molar-refractivity contribution >= 4 is 11.6 Å². The summed E-state index contributed by atoms with van der Waals surface area (Å²) in [5, 5.41) is 0. The van der Waals surface area contributed by atoms with E-state index in [9.17, 15) is 9.59 Å². The second-order valence-electron chi connectivity index (χ2n) is 16.4. The molecule has 0 bridgehead atoms. The lowest BCUT2D eigenvalue weighted by molar-refractivity contribution is -0.130. The van der Waals surface area contributed by atoms with E-state index in [4.69, 9.17) is 9.47 Å². The van der Waals surface area contributed by atoms with E-state index < -0.39 is 0 Å². The van der Waals surface area contributed by atoms with Crippen LogP contribution in [0.15, 0.2) is 60.7 Å². The van der Waals surface area contributed by atoms with Crippen molar-refractivity contribution in [1.82, 2.24) is 0 Å². The van der Waals surface area contributed by atoms with Crippen LogP contribution in [0.5, 0.6) is 17.2 Å². The number of rotatable bonds is 5. The molecule has 0 saturated heterocycles. The molecule has 0 amide bonds. The van der Waals surface area contributed by atoms with Gasteiger partial charge in [-0.2, -0.15) is 0 Å². The van der Waals surface area contributed by atoms with Crippen molar-refractivity contribution in [1.29, 1.82) is 0 Å². The zero-order valence-corrected chi connectivity index (χ0v) is 28.1. The summed E-state index contributed by atoms with van der Waals surface area (Å²) in [5.74, 6) is 6.80. The number of benzene rings is 3. The fraction of sp³-hybridized carbons (Fsp3) is 0.535. The number of hydrogen-bond acceptors (Lipinski definition) is 4. The first kappa shape index (κ1) is 29.7. The average molecular weight is 629 g/mol. The first-order valence-corrected chi connectivity index (χ1v) is 18.5. The Hall–Kier alpha value is -3.40. The van der Waals surface area contributed by atoms with Crippen LogP contribution in [0, 0.1) is 34.5 Å². The SMILES string of the molecule is C[C@]12CC[C@@H]3c4ccc(Oc5cc6c(cc5OCc5ccccc5)CC[C@@H]5[C@@H]6CC[C@]6(C)C(=O)CC[C@@H]56)cc4CC[C@H]3[C@@H]1CCC2=O. The van der Waals surface area contributed by atoms with Gasteiger partial charge in [0.2, 0.25) is 0 Å². The standard InChI is InChI=1S/C43H48O4/c1-42-20-18-31-30-13-10-29(22-27(30)8-11-33(31)36(42)14-16-40(42)44)47-39-24-35-28(23-38(39)46-25-26-6-4-3-5-7-26)9-12-34-32(35)19-21-43(2)37(34)15-17-41(43)45/h3-7,10,13,22-24,31-34,36-37H,8-9,11-12,14-21,25H2,1-2H3/t31-,32+,33-,34-,36+,37+,42+,43+/m1/s1. The summed E-state index contributed by atoms with van der Waals surface area (Å²) in [5.41, 5.74) is 6.64. The van der Waals surface area contributed by atoms with Gasteiger partial charge < -0.3 is 9.47 Å². The van der Waals surface area contributed by atoms with E-state index in [2.05, 4.69) is 68.4 Å². The van der Waals surface area contributed by atoms with E-state index in [0.29, 0.717) is 53.7 Å². The lowest BCUT2D eigenvalue weighted by Crippen LogP contribution is -2.42. The van der Waals surface area contributed by atoms with Gasteiger partial charge in [0, 0.05) is 23.7 Å². The lowest BCUT2D eigenvalue weighted by Gasteiger charge is -2.48. The molecule has 47 heavy (non-hydrogen) atoms. The van der Waals surface area contributed by atoms with Crippen LogP contribution in [-0.2, 0) is 29.0 Å². The summed E-state index contributed by atoms with van der Waals surface area (Å²) in [6.07, 6.45) is 12.3. The van der Waals surface area contributed by atoms with Crippen LogP contribution in [0.2, 0.25) is 0 Å². The van der Waals surface area contributed by atoms with Crippen molar-refractivity contribution in [3.8, 4) is 17.2 Å². The maximum Gasteiger partial charge on any atom is 0.169 e. The molecule has 4 saturated carbocycles. The Labute approximate surface area is 279 Å². The van der Waals surface area contributed by atoms with Gasteiger partial charge in [-0.3, -0.25) is 9.59 Å². The van der Waals surface area contributed by atoms with Gasteiger partial charge in [-0.15, -0.1) is 0 Å². The maximum atomic E-state index is 12.9. The van der Waals surface area contributed by atoms with E-state index in [-0.39, 0.29) is 10.8 Å². The third-order valence-corrected chi connectivity index (χ3v) is 14.4. The highest BCUT2D eigenvalue weighted by molar-refractivity contribution is 5.87.